The van der Waals surface area contributed by atoms with Gasteiger partial charge in [-0.05, 0) is 36.6 Å². The van der Waals surface area contributed by atoms with Gasteiger partial charge in [-0.2, -0.15) is 0 Å². The molecule has 0 unspecified atom stereocenters. The van der Waals surface area contributed by atoms with Crippen LogP contribution in [0.15, 0.2) is 47.4 Å². The number of nitrogens with two attached hydrogens (primary N) is 2. The van der Waals surface area contributed by atoms with Crippen LogP contribution >= 0.6 is 11.8 Å². The topological polar surface area (TPSA) is 81.1 Å². The van der Waals surface area contributed by atoms with Gasteiger partial charge in [-0.25, -0.2) is 0 Å². The zero-order valence-electron chi connectivity index (χ0n) is 10.5. The number of thioether (sulfide) groups is 1. The average Bonchev–Trinajstić information content (AvgIpc) is 2.41. The minimum absolute atomic E-state index is 0.385. The fraction of sp³-hybridized carbons (Fsp3) is 0.0714. The van der Waals surface area contributed by atoms with Crippen LogP contribution in [0.3, 0.4) is 0 Å². The Bertz CT molecular complexity index is 613. The predicted molar refractivity (Wildman–Crippen MR) is 80.9 cm³/mol. The van der Waals surface area contributed by atoms with E-state index in [4.69, 9.17) is 11.5 Å². The third-order valence-electron chi connectivity index (χ3n) is 2.69. The van der Waals surface area contributed by atoms with Crippen LogP contribution in [0.5, 0.6) is 0 Å². The number of carbonyl (C=O) groups excluding carboxylic acids is 1. The van der Waals surface area contributed by atoms with E-state index in [1.165, 1.54) is 0 Å². The molecule has 98 valence electrons. The average molecular weight is 273 g/mol. The Morgan fingerprint density at radius 2 is 1.89 bits per heavy atom. The van der Waals surface area contributed by atoms with E-state index in [1.54, 1.807) is 30.0 Å². The van der Waals surface area contributed by atoms with Crippen molar-refractivity contribution in [3.63, 3.8) is 0 Å². The summed E-state index contributed by atoms with van der Waals surface area (Å²) in [7, 11) is 0. The molecule has 2 aromatic carbocycles. The molecular weight excluding hydrogens is 258 g/mol. The zero-order chi connectivity index (χ0) is 13.8. The highest BCUT2D eigenvalue weighted by Crippen LogP contribution is 2.29. The molecular formula is C14H15N3OS. The second-order valence-corrected chi connectivity index (χ2v) is 4.84. The molecule has 2 aromatic rings. The van der Waals surface area contributed by atoms with Crippen molar-refractivity contribution in [2.45, 2.75) is 4.90 Å². The Balaban J connectivity index is 2.41. The summed E-state index contributed by atoms with van der Waals surface area (Å²) in [6, 6.07) is 12.9. The second kappa shape index (κ2) is 5.67. The smallest absolute Gasteiger partial charge is 0.250 e. The van der Waals surface area contributed by atoms with Gasteiger partial charge in [0.25, 0.3) is 5.91 Å². The number of anilines is 3. The Labute approximate surface area is 116 Å². The number of amides is 1. The molecule has 0 heterocycles. The Morgan fingerprint density at radius 3 is 2.58 bits per heavy atom. The summed E-state index contributed by atoms with van der Waals surface area (Å²) in [6.45, 7) is 0. The summed E-state index contributed by atoms with van der Waals surface area (Å²) < 4.78 is 0. The van der Waals surface area contributed by atoms with E-state index in [1.807, 2.05) is 30.5 Å². The van der Waals surface area contributed by atoms with Gasteiger partial charge in [0.2, 0.25) is 0 Å². The molecule has 5 N–H and O–H groups in total. The van der Waals surface area contributed by atoms with Crippen molar-refractivity contribution in [3.05, 3.63) is 48.0 Å². The highest BCUT2D eigenvalue weighted by Gasteiger charge is 2.10. The summed E-state index contributed by atoms with van der Waals surface area (Å²) >= 11 is 1.63. The van der Waals surface area contributed by atoms with Crippen LogP contribution in [0.2, 0.25) is 0 Å². The van der Waals surface area contributed by atoms with Crippen LogP contribution in [0.1, 0.15) is 10.4 Å². The summed E-state index contributed by atoms with van der Waals surface area (Å²) in [6.07, 6.45) is 2.00. The molecule has 0 saturated heterocycles. The molecule has 0 bridgehead atoms. The molecule has 0 spiro atoms. The number of benzene rings is 2. The van der Waals surface area contributed by atoms with E-state index in [9.17, 15) is 4.79 Å². The molecule has 19 heavy (non-hydrogen) atoms. The van der Waals surface area contributed by atoms with Gasteiger partial charge in [0.1, 0.15) is 0 Å². The molecule has 0 fully saturated rings. The van der Waals surface area contributed by atoms with Crippen LogP contribution in [-0.4, -0.2) is 12.2 Å². The summed E-state index contributed by atoms with van der Waals surface area (Å²) in [5.74, 6) is -0.503. The first-order chi connectivity index (χ1) is 9.11. The lowest BCUT2D eigenvalue weighted by molar-refractivity contribution is 0.100. The fourth-order valence-electron chi connectivity index (χ4n) is 1.77. The number of nitrogens with one attached hydrogen (secondary N) is 1. The lowest BCUT2D eigenvalue weighted by Gasteiger charge is -2.13. The molecule has 0 saturated carbocycles. The Morgan fingerprint density at radius 1 is 1.16 bits per heavy atom. The standard InChI is InChI=1S/C14H15N3OS/c1-19-13-5-3-2-4-12(13)17-11-7-6-9(15)8-10(11)14(16)18/h2-8,17H,15H2,1H3,(H2,16,18). The van der Waals surface area contributed by atoms with E-state index in [-0.39, 0.29) is 0 Å². The molecule has 0 aliphatic rings. The lowest BCUT2D eigenvalue weighted by atomic mass is 10.1. The molecule has 4 nitrogen and oxygen atoms in total. The van der Waals surface area contributed by atoms with Crippen molar-refractivity contribution in [1.29, 1.82) is 0 Å². The minimum Gasteiger partial charge on any atom is -0.399 e. The fourth-order valence-corrected chi connectivity index (χ4v) is 2.32. The normalized spacial score (nSPS) is 10.2. The molecule has 0 aliphatic heterocycles. The van der Waals surface area contributed by atoms with E-state index >= 15 is 0 Å². The van der Waals surface area contributed by atoms with Gasteiger partial charge in [0.15, 0.2) is 0 Å². The minimum atomic E-state index is -0.503. The van der Waals surface area contributed by atoms with Crippen molar-refractivity contribution >= 4 is 34.7 Å². The van der Waals surface area contributed by atoms with Gasteiger partial charge in [0.05, 0.1) is 16.9 Å². The summed E-state index contributed by atoms with van der Waals surface area (Å²) in [5.41, 5.74) is 13.5. The van der Waals surface area contributed by atoms with E-state index < -0.39 is 5.91 Å². The largest absolute Gasteiger partial charge is 0.399 e. The number of para-hydroxylation sites is 1. The second-order valence-electron chi connectivity index (χ2n) is 3.99. The van der Waals surface area contributed by atoms with Gasteiger partial charge in [-0.1, -0.05) is 12.1 Å². The van der Waals surface area contributed by atoms with Gasteiger partial charge in [0, 0.05) is 10.6 Å². The van der Waals surface area contributed by atoms with Gasteiger partial charge in [-0.3, -0.25) is 4.79 Å². The molecule has 1 amide bonds. The number of hydrogen-bond donors (Lipinski definition) is 3. The van der Waals surface area contributed by atoms with Gasteiger partial charge < -0.3 is 16.8 Å². The van der Waals surface area contributed by atoms with Crippen molar-refractivity contribution in [1.82, 2.24) is 0 Å². The molecule has 2 rings (SSSR count). The first kappa shape index (κ1) is 13.3. The van der Waals surface area contributed by atoms with Crippen LogP contribution in [-0.2, 0) is 0 Å². The number of rotatable bonds is 4. The van der Waals surface area contributed by atoms with Crippen molar-refractivity contribution in [2.75, 3.05) is 17.3 Å². The Hall–Kier alpha value is -2.14. The summed E-state index contributed by atoms with van der Waals surface area (Å²) in [5, 5.41) is 3.22. The molecule has 0 aliphatic carbocycles. The lowest BCUT2D eigenvalue weighted by Crippen LogP contribution is -2.13. The third-order valence-corrected chi connectivity index (χ3v) is 3.48. The zero-order valence-corrected chi connectivity index (χ0v) is 11.3. The predicted octanol–water partition coefficient (Wildman–Crippen LogP) is 2.83. The van der Waals surface area contributed by atoms with Gasteiger partial charge in [-0.15, -0.1) is 11.8 Å². The Kier molecular flexibility index (Phi) is 3.97. The highest BCUT2D eigenvalue weighted by atomic mass is 32.2. The van der Waals surface area contributed by atoms with Crippen LogP contribution in [0, 0.1) is 0 Å². The number of primary amides is 1. The number of carbonyl (C=O) groups is 1. The molecule has 0 aromatic heterocycles. The first-order valence-electron chi connectivity index (χ1n) is 5.71. The van der Waals surface area contributed by atoms with Crippen molar-refractivity contribution in [2.24, 2.45) is 5.73 Å². The van der Waals surface area contributed by atoms with Crippen molar-refractivity contribution < 1.29 is 4.79 Å². The molecule has 5 heteroatoms. The number of hydrogen-bond acceptors (Lipinski definition) is 4. The third kappa shape index (κ3) is 3.00. The maximum atomic E-state index is 11.4. The number of nitrogen functional groups attached to an aromatic ring is 1. The van der Waals surface area contributed by atoms with E-state index in [0.29, 0.717) is 16.9 Å². The summed E-state index contributed by atoms with van der Waals surface area (Å²) in [4.78, 5) is 12.5. The van der Waals surface area contributed by atoms with Crippen LogP contribution in [0.25, 0.3) is 0 Å². The van der Waals surface area contributed by atoms with E-state index in [0.717, 1.165) is 10.6 Å². The maximum absolute atomic E-state index is 11.4. The SMILES string of the molecule is CSc1ccccc1Nc1ccc(N)cc1C(N)=O. The van der Waals surface area contributed by atoms with Crippen molar-refractivity contribution in [3.8, 4) is 0 Å². The van der Waals surface area contributed by atoms with Gasteiger partial charge >= 0.3 is 0 Å². The molecule has 0 atom stereocenters. The quantitative estimate of drug-likeness (QED) is 0.591. The maximum Gasteiger partial charge on any atom is 0.250 e. The van der Waals surface area contributed by atoms with Crippen LogP contribution in [0.4, 0.5) is 17.1 Å². The highest BCUT2D eigenvalue weighted by molar-refractivity contribution is 7.98. The van der Waals surface area contributed by atoms with E-state index in [2.05, 4.69) is 5.32 Å². The molecule has 0 radical (unpaired) electrons. The monoisotopic (exact) mass is 273 g/mol. The van der Waals surface area contributed by atoms with Crippen LogP contribution < -0.4 is 16.8 Å². The first-order valence-corrected chi connectivity index (χ1v) is 6.93.